The second kappa shape index (κ2) is 9.14. The summed E-state index contributed by atoms with van der Waals surface area (Å²) in [6, 6.07) is 13.3. The van der Waals surface area contributed by atoms with Crippen LogP contribution in [0.3, 0.4) is 0 Å². The van der Waals surface area contributed by atoms with E-state index in [0.29, 0.717) is 37.2 Å². The van der Waals surface area contributed by atoms with Crippen molar-refractivity contribution >= 4 is 23.5 Å². The lowest BCUT2D eigenvalue weighted by atomic mass is 10.1. The van der Waals surface area contributed by atoms with Gasteiger partial charge in [-0.15, -0.1) is 0 Å². The van der Waals surface area contributed by atoms with Crippen LogP contribution in [0, 0.1) is 0 Å². The van der Waals surface area contributed by atoms with Crippen molar-refractivity contribution in [1.29, 1.82) is 0 Å². The van der Waals surface area contributed by atoms with Gasteiger partial charge in [0.15, 0.2) is 0 Å². The molecule has 1 saturated heterocycles. The number of carbonyl (C=O) groups excluding carboxylic acids is 2. The van der Waals surface area contributed by atoms with E-state index in [4.69, 9.17) is 9.84 Å². The molecule has 2 aromatic carbocycles. The van der Waals surface area contributed by atoms with Crippen molar-refractivity contribution in [3.63, 3.8) is 0 Å². The molecule has 3 N–H and O–H groups in total. The summed E-state index contributed by atoms with van der Waals surface area (Å²) in [7, 11) is 0. The zero-order valence-electron chi connectivity index (χ0n) is 15.3. The van der Waals surface area contributed by atoms with Gasteiger partial charge >= 0.3 is 5.97 Å². The van der Waals surface area contributed by atoms with Gasteiger partial charge in [-0.2, -0.15) is 0 Å². The molecule has 2 aromatic rings. The smallest absolute Gasteiger partial charge is 0.335 e. The number of ether oxygens (including phenoxy) is 1. The van der Waals surface area contributed by atoms with Crippen LogP contribution in [0.4, 0.5) is 5.69 Å². The van der Waals surface area contributed by atoms with Gasteiger partial charge in [0.2, 0.25) is 0 Å². The number of rotatable bonds is 7. The van der Waals surface area contributed by atoms with Crippen molar-refractivity contribution in [2.75, 3.05) is 18.5 Å². The number of anilines is 1. The Labute approximate surface area is 162 Å². The Bertz CT molecular complexity index is 857. The maximum absolute atomic E-state index is 12.3. The van der Waals surface area contributed by atoms with Gasteiger partial charge < -0.3 is 20.5 Å². The quantitative estimate of drug-likeness (QED) is 0.682. The summed E-state index contributed by atoms with van der Waals surface area (Å²) in [6.45, 7) is 1.01. The largest absolute Gasteiger partial charge is 0.478 e. The number of aromatic carboxylic acids is 1. The van der Waals surface area contributed by atoms with Crippen molar-refractivity contribution in [1.82, 2.24) is 5.32 Å². The van der Waals surface area contributed by atoms with Gasteiger partial charge in [0.25, 0.3) is 11.8 Å². The molecule has 0 aliphatic carbocycles. The lowest BCUT2D eigenvalue weighted by molar-refractivity contribution is -0.124. The van der Waals surface area contributed by atoms with Crippen molar-refractivity contribution in [3.05, 3.63) is 65.2 Å². The minimum absolute atomic E-state index is 0.195. The Morgan fingerprint density at radius 3 is 2.54 bits per heavy atom. The van der Waals surface area contributed by atoms with E-state index in [-0.39, 0.29) is 17.4 Å². The summed E-state index contributed by atoms with van der Waals surface area (Å²) in [5.74, 6) is -1.40. The highest BCUT2D eigenvalue weighted by Crippen LogP contribution is 2.16. The first kappa shape index (κ1) is 19.6. The van der Waals surface area contributed by atoms with E-state index >= 15 is 0 Å². The van der Waals surface area contributed by atoms with Crippen LogP contribution in [0.25, 0.3) is 0 Å². The van der Waals surface area contributed by atoms with Crippen molar-refractivity contribution < 1.29 is 24.2 Å². The lowest BCUT2D eigenvalue weighted by Gasteiger charge is -2.11. The molecule has 0 radical (unpaired) electrons. The van der Waals surface area contributed by atoms with Crippen LogP contribution < -0.4 is 10.6 Å². The van der Waals surface area contributed by atoms with E-state index in [1.54, 1.807) is 48.5 Å². The molecule has 2 amide bonds. The van der Waals surface area contributed by atoms with Gasteiger partial charge in [0.1, 0.15) is 6.10 Å². The predicted octanol–water partition coefficient (Wildman–Crippen LogP) is 2.47. The third-order valence-corrected chi connectivity index (χ3v) is 4.51. The average molecular weight is 382 g/mol. The van der Waals surface area contributed by atoms with Crippen molar-refractivity contribution in [2.45, 2.75) is 25.4 Å². The third kappa shape index (κ3) is 5.17. The topological polar surface area (TPSA) is 105 Å². The molecular weight excluding hydrogens is 360 g/mol. The Kier molecular flexibility index (Phi) is 6.39. The second-order valence-corrected chi connectivity index (χ2v) is 6.58. The van der Waals surface area contributed by atoms with Crippen LogP contribution in [0.15, 0.2) is 48.5 Å². The molecule has 146 valence electrons. The van der Waals surface area contributed by atoms with E-state index in [1.807, 2.05) is 0 Å². The Balaban J connectivity index is 1.51. The Morgan fingerprint density at radius 2 is 1.86 bits per heavy atom. The highest BCUT2D eigenvalue weighted by atomic mass is 16.5. The molecule has 0 saturated carbocycles. The molecule has 1 fully saturated rings. The number of hydrogen-bond donors (Lipinski definition) is 3. The number of carboxylic acids is 1. The number of amides is 2. The number of benzene rings is 2. The van der Waals surface area contributed by atoms with E-state index in [9.17, 15) is 14.4 Å². The molecule has 3 rings (SSSR count). The van der Waals surface area contributed by atoms with Crippen LogP contribution >= 0.6 is 0 Å². The fourth-order valence-corrected chi connectivity index (χ4v) is 2.98. The first-order valence-corrected chi connectivity index (χ1v) is 9.16. The summed E-state index contributed by atoms with van der Waals surface area (Å²) in [5.41, 5.74) is 2.17. The van der Waals surface area contributed by atoms with Gasteiger partial charge in [-0.3, -0.25) is 9.59 Å². The first-order valence-electron chi connectivity index (χ1n) is 9.16. The fraction of sp³-hybridized carbons (Fsp3) is 0.286. The zero-order chi connectivity index (χ0) is 19.9. The van der Waals surface area contributed by atoms with Crippen LogP contribution in [0.1, 0.15) is 39.1 Å². The molecular formula is C21H22N2O5. The van der Waals surface area contributed by atoms with Crippen LogP contribution in [0.5, 0.6) is 0 Å². The van der Waals surface area contributed by atoms with E-state index in [0.717, 1.165) is 12.0 Å². The molecule has 1 aliphatic rings. The summed E-state index contributed by atoms with van der Waals surface area (Å²) in [5, 5.41) is 14.5. The van der Waals surface area contributed by atoms with Gasteiger partial charge in [0, 0.05) is 24.4 Å². The highest BCUT2D eigenvalue weighted by Gasteiger charge is 2.23. The summed E-state index contributed by atoms with van der Waals surface area (Å²) in [6.07, 6.45) is 1.74. The summed E-state index contributed by atoms with van der Waals surface area (Å²) < 4.78 is 5.36. The van der Waals surface area contributed by atoms with Crippen LogP contribution in [-0.4, -0.2) is 42.1 Å². The lowest BCUT2D eigenvalue weighted by Crippen LogP contribution is -2.28. The summed E-state index contributed by atoms with van der Waals surface area (Å²) in [4.78, 5) is 35.3. The van der Waals surface area contributed by atoms with E-state index in [1.165, 1.54) is 0 Å². The number of nitrogens with one attached hydrogen (secondary N) is 2. The first-order chi connectivity index (χ1) is 13.5. The molecule has 1 atom stereocenters. The Hall–Kier alpha value is -3.19. The van der Waals surface area contributed by atoms with Crippen LogP contribution in [0.2, 0.25) is 0 Å². The molecule has 0 spiro atoms. The second-order valence-electron chi connectivity index (χ2n) is 6.58. The molecule has 28 heavy (non-hydrogen) atoms. The minimum atomic E-state index is -0.966. The van der Waals surface area contributed by atoms with Gasteiger partial charge in [-0.05, 0) is 55.2 Å². The van der Waals surface area contributed by atoms with Gasteiger partial charge in [0.05, 0.1) is 5.56 Å². The minimum Gasteiger partial charge on any atom is -0.478 e. The number of carboxylic acid groups (broad SMARTS) is 1. The van der Waals surface area contributed by atoms with Crippen molar-refractivity contribution in [3.8, 4) is 0 Å². The molecule has 1 aliphatic heterocycles. The normalized spacial score (nSPS) is 15.8. The highest BCUT2D eigenvalue weighted by molar-refractivity contribution is 5.98. The maximum Gasteiger partial charge on any atom is 0.335 e. The number of hydrogen-bond acceptors (Lipinski definition) is 4. The fourth-order valence-electron chi connectivity index (χ4n) is 2.98. The van der Waals surface area contributed by atoms with Crippen molar-refractivity contribution in [2.24, 2.45) is 0 Å². The van der Waals surface area contributed by atoms with Gasteiger partial charge in [-0.25, -0.2) is 4.79 Å². The van der Waals surface area contributed by atoms with E-state index in [2.05, 4.69) is 10.6 Å². The molecule has 0 aromatic heterocycles. The standard InChI is InChI=1S/C21H22N2O5/c24-19(22-11-10-14-6-8-15(9-7-14)21(26)27)16-3-1-4-17(13-16)23-20(25)18-5-2-12-28-18/h1,3-4,6-9,13,18H,2,5,10-12H2,(H,22,24)(H,23,25)(H,26,27). The Morgan fingerprint density at radius 1 is 1.07 bits per heavy atom. The third-order valence-electron chi connectivity index (χ3n) is 4.51. The maximum atomic E-state index is 12.3. The molecule has 1 heterocycles. The molecule has 7 heteroatoms. The predicted molar refractivity (Wildman–Crippen MR) is 103 cm³/mol. The monoisotopic (exact) mass is 382 g/mol. The zero-order valence-corrected chi connectivity index (χ0v) is 15.3. The molecule has 7 nitrogen and oxygen atoms in total. The van der Waals surface area contributed by atoms with Gasteiger partial charge in [-0.1, -0.05) is 18.2 Å². The summed E-state index contributed by atoms with van der Waals surface area (Å²) >= 11 is 0. The van der Waals surface area contributed by atoms with E-state index < -0.39 is 12.1 Å². The number of carbonyl (C=O) groups is 3. The average Bonchev–Trinajstić information content (AvgIpc) is 3.23. The molecule has 1 unspecified atom stereocenters. The van der Waals surface area contributed by atoms with Crippen LogP contribution in [-0.2, 0) is 16.0 Å². The SMILES string of the molecule is O=C(O)c1ccc(CCNC(=O)c2cccc(NC(=O)C3CCCO3)c2)cc1. The molecule has 0 bridgehead atoms.